The van der Waals surface area contributed by atoms with E-state index in [9.17, 15) is 15.0 Å². The molecule has 2 heterocycles. The second kappa shape index (κ2) is 4.05. The van der Waals surface area contributed by atoms with E-state index in [1.54, 1.807) is 0 Å². The molecule has 2 saturated carbocycles. The van der Waals surface area contributed by atoms with Crippen LogP contribution in [-0.2, 0) is 4.79 Å². The van der Waals surface area contributed by atoms with E-state index in [0.29, 0.717) is 18.6 Å². The molecule has 4 heteroatoms. The molecule has 7 atom stereocenters. The molecular formula is C16H25NO3. The van der Waals surface area contributed by atoms with Crippen molar-refractivity contribution in [3.05, 3.63) is 0 Å². The monoisotopic (exact) mass is 279 g/mol. The SMILES string of the molecule is CC1CC2(O)N3CCCC4C(=O)CC(C1O)C42CCC3. The van der Waals surface area contributed by atoms with Crippen LogP contribution in [0.5, 0.6) is 0 Å². The summed E-state index contributed by atoms with van der Waals surface area (Å²) in [5.74, 6) is 0.313. The third-order valence-corrected chi connectivity index (χ3v) is 6.90. The lowest BCUT2D eigenvalue weighted by Crippen LogP contribution is -2.70. The third-order valence-electron chi connectivity index (χ3n) is 6.90. The summed E-state index contributed by atoms with van der Waals surface area (Å²) in [6.45, 7) is 3.86. The average Bonchev–Trinajstić information content (AvgIpc) is 2.67. The Hall–Kier alpha value is -0.450. The fourth-order valence-corrected chi connectivity index (χ4v) is 6.18. The zero-order valence-corrected chi connectivity index (χ0v) is 12.2. The van der Waals surface area contributed by atoms with Gasteiger partial charge in [0.1, 0.15) is 11.5 Å². The Kier molecular flexibility index (Phi) is 2.68. The van der Waals surface area contributed by atoms with Gasteiger partial charge in [0, 0.05) is 36.8 Å². The van der Waals surface area contributed by atoms with Crippen LogP contribution < -0.4 is 0 Å². The lowest BCUT2D eigenvalue weighted by Gasteiger charge is -2.62. The topological polar surface area (TPSA) is 60.8 Å². The van der Waals surface area contributed by atoms with E-state index in [1.165, 1.54) is 0 Å². The fraction of sp³-hybridized carbons (Fsp3) is 0.938. The number of hydrogen-bond donors (Lipinski definition) is 2. The maximum absolute atomic E-state index is 12.6. The molecule has 112 valence electrons. The molecule has 7 unspecified atom stereocenters. The van der Waals surface area contributed by atoms with Crippen molar-refractivity contribution >= 4 is 5.78 Å². The molecule has 2 aliphatic carbocycles. The van der Waals surface area contributed by atoms with Crippen LogP contribution in [-0.4, -0.2) is 45.8 Å². The molecule has 0 amide bonds. The van der Waals surface area contributed by atoms with E-state index in [0.717, 1.165) is 38.8 Å². The molecule has 4 rings (SSSR count). The van der Waals surface area contributed by atoms with Crippen molar-refractivity contribution in [2.45, 2.75) is 57.3 Å². The van der Waals surface area contributed by atoms with Crippen LogP contribution in [0.25, 0.3) is 0 Å². The Morgan fingerprint density at radius 2 is 2.05 bits per heavy atom. The first kappa shape index (κ1) is 13.2. The molecule has 4 nitrogen and oxygen atoms in total. The highest BCUT2D eigenvalue weighted by Crippen LogP contribution is 2.66. The van der Waals surface area contributed by atoms with Crippen molar-refractivity contribution in [1.82, 2.24) is 4.90 Å². The lowest BCUT2D eigenvalue weighted by molar-refractivity contribution is -0.283. The van der Waals surface area contributed by atoms with E-state index >= 15 is 0 Å². The Morgan fingerprint density at radius 3 is 2.85 bits per heavy atom. The second-order valence-electron chi connectivity index (χ2n) is 7.59. The summed E-state index contributed by atoms with van der Waals surface area (Å²) in [6, 6.07) is 0. The van der Waals surface area contributed by atoms with Gasteiger partial charge in [-0.3, -0.25) is 9.69 Å². The summed E-state index contributed by atoms with van der Waals surface area (Å²) in [5.41, 5.74) is -1.23. The lowest BCUT2D eigenvalue weighted by atomic mass is 9.52. The van der Waals surface area contributed by atoms with Crippen LogP contribution in [0.2, 0.25) is 0 Å². The predicted molar refractivity (Wildman–Crippen MR) is 73.8 cm³/mol. The van der Waals surface area contributed by atoms with E-state index < -0.39 is 11.8 Å². The van der Waals surface area contributed by atoms with Gasteiger partial charge in [0.2, 0.25) is 0 Å². The number of carbonyl (C=O) groups excluding carboxylic acids is 1. The van der Waals surface area contributed by atoms with Gasteiger partial charge in [0.15, 0.2) is 0 Å². The predicted octanol–water partition coefficient (Wildman–Crippen LogP) is 1.16. The molecule has 20 heavy (non-hydrogen) atoms. The summed E-state index contributed by atoms with van der Waals surface area (Å²) < 4.78 is 0. The highest BCUT2D eigenvalue weighted by atomic mass is 16.3. The first-order valence-electron chi connectivity index (χ1n) is 8.19. The smallest absolute Gasteiger partial charge is 0.137 e. The zero-order valence-electron chi connectivity index (χ0n) is 12.2. The molecule has 2 saturated heterocycles. The van der Waals surface area contributed by atoms with E-state index in [-0.39, 0.29) is 23.2 Å². The number of aliphatic hydroxyl groups is 2. The highest BCUT2D eigenvalue weighted by Gasteiger charge is 2.72. The van der Waals surface area contributed by atoms with Crippen molar-refractivity contribution < 1.29 is 15.0 Å². The van der Waals surface area contributed by atoms with Crippen LogP contribution in [0, 0.1) is 23.2 Å². The van der Waals surface area contributed by atoms with Gasteiger partial charge in [-0.15, -0.1) is 0 Å². The number of aliphatic hydroxyl groups excluding tert-OH is 1. The van der Waals surface area contributed by atoms with Gasteiger partial charge in [-0.2, -0.15) is 0 Å². The molecular weight excluding hydrogens is 254 g/mol. The van der Waals surface area contributed by atoms with Gasteiger partial charge in [0.05, 0.1) is 6.10 Å². The summed E-state index contributed by atoms with van der Waals surface area (Å²) in [7, 11) is 0. The summed E-state index contributed by atoms with van der Waals surface area (Å²) in [4.78, 5) is 14.8. The first-order chi connectivity index (χ1) is 9.50. The van der Waals surface area contributed by atoms with Crippen molar-refractivity contribution in [3.8, 4) is 0 Å². The normalized spacial score (nSPS) is 58.1. The third kappa shape index (κ3) is 1.31. The molecule has 4 aliphatic rings. The average molecular weight is 279 g/mol. The van der Waals surface area contributed by atoms with Crippen molar-refractivity contribution in [1.29, 1.82) is 0 Å². The van der Waals surface area contributed by atoms with Crippen molar-refractivity contribution in [2.24, 2.45) is 23.2 Å². The van der Waals surface area contributed by atoms with Gasteiger partial charge in [0.25, 0.3) is 0 Å². The van der Waals surface area contributed by atoms with Crippen LogP contribution in [0.1, 0.15) is 45.4 Å². The highest BCUT2D eigenvalue weighted by molar-refractivity contribution is 5.85. The quantitative estimate of drug-likeness (QED) is 0.698. The van der Waals surface area contributed by atoms with Crippen LogP contribution in [0.15, 0.2) is 0 Å². The molecule has 0 radical (unpaired) electrons. The number of Topliss-reactive ketones (excluding diaryl/α,β-unsaturated/α-hetero) is 1. The molecule has 0 aromatic rings. The molecule has 0 aromatic heterocycles. The second-order valence-corrected chi connectivity index (χ2v) is 7.59. The van der Waals surface area contributed by atoms with E-state index in [1.807, 2.05) is 6.92 Å². The summed E-state index contributed by atoms with van der Waals surface area (Å²) in [5, 5.41) is 22.2. The van der Waals surface area contributed by atoms with Gasteiger partial charge in [-0.1, -0.05) is 6.92 Å². The largest absolute Gasteiger partial charge is 0.393 e. The fourth-order valence-electron chi connectivity index (χ4n) is 6.18. The molecule has 2 bridgehead atoms. The Bertz CT molecular complexity index is 453. The minimum atomic E-state index is -0.859. The molecule has 1 spiro atoms. The van der Waals surface area contributed by atoms with E-state index in [2.05, 4.69) is 4.90 Å². The maximum atomic E-state index is 12.6. The maximum Gasteiger partial charge on any atom is 0.137 e. The van der Waals surface area contributed by atoms with Gasteiger partial charge < -0.3 is 10.2 Å². The minimum Gasteiger partial charge on any atom is -0.393 e. The number of nitrogens with zero attached hydrogens (tertiary/aromatic N) is 1. The zero-order chi connectivity index (χ0) is 14.1. The minimum absolute atomic E-state index is 0.0232. The van der Waals surface area contributed by atoms with Crippen LogP contribution >= 0.6 is 0 Å². The number of ketones is 1. The number of rotatable bonds is 0. The van der Waals surface area contributed by atoms with Crippen molar-refractivity contribution in [3.63, 3.8) is 0 Å². The van der Waals surface area contributed by atoms with E-state index in [4.69, 9.17) is 0 Å². The number of carbonyl (C=O) groups is 1. The Balaban J connectivity index is 1.91. The van der Waals surface area contributed by atoms with Crippen molar-refractivity contribution in [2.75, 3.05) is 13.1 Å². The molecule has 4 fully saturated rings. The van der Waals surface area contributed by atoms with Gasteiger partial charge in [-0.25, -0.2) is 0 Å². The van der Waals surface area contributed by atoms with Crippen LogP contribution in [0.3, 0.4) is 0 Å². The number of piperidine rings is 1. The molecule has 2 aliphatic heterocycles. The Labute approximate surface area is 120 Å². The van der Waals surface area contributed by atoms with Crippen LogP contribution in [0.4, 0.5) is 0 Å². The number of hydrogen-bond acceptors (Lipinski definition) is 4. The standard InChI is InChI=1S/C16H25NO3/c1-10-9-16(20)15-5-3-7-17(16)6-2-4-11(15)13(18)8-12(15)14(10)19/h10-12,14,19-20H,2-9H2,1H3. The first-order valence-corrected chi connectivity index (χ1v) is 8.19. The molecule has 0 aromatic carbocycles. The summed E-state index contributed by atoms with van der Waals surface area (Å²) in [6.07, 6.45) is 4.52. The Morgan fingerprint density at radius 1 is 1.30 bits per heavy atom. The summed E-state index contributed by atoms with van der Waals surface area (Å²) >= 11 is 0. The van der Waals surface area contributed by atoms with Gasteiger partial charge in [-0.05, 0) is 38.0 Å². The molecule has 2 N–H and O–H groups in total. The van der Waals surface area contributed by atoms with Gasteiger partial charge >= 0.3 is 0 Å².